The third-order valence-corrected chi connectivity index (χ3v) is 5.09. The summed E-state index contributed by atoms with van der Waals surface area (Å²) in [4.78, 5) is 4.67. The Kier molecular flexibility index (Phi) is 3.27. The molecule has 0 aliphatic carbocycles. The summed E-state index contributed by atoms with van der Waals surface area (Å²) in [5, 5.41) is 4.83. The van der Waals surface area contributed by atoms with Crippen LogP contribution in [-0.2, 0) is 10.0 Å². The molecule has 5 nitrogen and oxygen atoms in total. The van der Waals surface area contributed by atoms with E-state index in [0.29, 0.717) is 25.0 Å². The summed E-state index contributed by atoms with van der Waals surface area (Å²) in [5.74, 6) is 0. The number of nitrogens with two attached hydrogens (primary N) is 1. The van der Waals surface area contributed by atoms with Gasteiger partial charge < -0.3 is 0 Å². The van der Waals surface area contributed by atoms with Crippen LogP contribution in [0.3, 0.4) is 0 Å². The van der Waals surface area contributed by atoms with Crippen LogP contribution in [0.5, 0.6) is 0 Å². The van der Waals surface area contributed by atoms with Gasteiger partial charge in [-0.25, -0.2) is 13.6 Å². The van der Waals surface area contributed by atoms with E-state index in [1.165, 1.54) is 0 Å². The Labute approximate surface area is 97.6 Å². The number of rotatable bonds is 3. The maximum Gasteiger partial charge on any atom is 0.213 e. The van der Waals surface area contributed by atoms with E-state index in [2.05, 4.69) is 23.6 Å². The summed E-state index contributed by atoms with van der Waals surface area (Å²) in [6.45, 7) is 8.00. The van der Waals surface area contributed by atoms with Crippen molar-refractivity contribution in [2.24, 2.45) is 5.14 Å². The number of nitrogens with zero attached hydrogens (tertiary/aromatic N) is 2. The van der Waals surface area contributed by atoms with E-state index in [-0.39, 0.29) is 5.25 Å². The summed E-state index contributed by atoms with van der Waals surface area (Å²) < 4.78 is 22.4. The molecule has 16 heavy (non-hydrogen) atoms. The van der Waals surface area contributed by atoms with Crippen molar-refractivity contribution in [3.8, 4) is 0 Å². The molecule has 2 aliphatic heterocycles. The maximum atomic E-state index is 11.2. The van der Waals surface area contributed by atoms with E-state index >= 15 is 0 Å². The fourth-order valence-electron chi connectivity index (χ4n) is 2.49. The SMILES string of the molecule is CC(C)N1CC(N2CCC(S(N)(=O)=O)C2)C1. The van der Waals surface area contributed by atoms with Crippen LogP contribution in [0, 0.1) is 0 Å². The molecule has 1 unspecified atom stereocenters. The molecule has 2 rings (SSSR count). The van der Waals surface area contributed by atoms with E-state index in [1.54, 1.807) is 0 Å². The first kappa shape index (κ1) is 12.3. The van der Waals surface area contributed by atoms with Crippen molar-refractivity contribution in [2.75, 3.05) is 26.2 Å². The highest BCUT2D eigenvalue weighted by molar-refractivity contribution is 7.89. The first-order valence-corrected chi connectivity index (χ1v) is 7.48. The smallest absolute Gasteiger partial charge is 0.213 e. The van der Waals surface area contributed by atoms with Gasteiger partial charge in [0, 0.05) is 31.7 Å². The predicted octanol–water partition coefficient (Wildman–Crippen LogP) is -0.558. The van der Waals surface area contributed by atoms with Crippen molar-refractivity contribution in [2.45, 2.75) is 37.6 Å². The first-order valence-electron chi connectivity index (χ1n) is 5.87. The normalized spacial score (nSPS) is 29.9. The molecular weight excluding hydrogens is 226 g/mol. The minimum absolute atomic E-state index is 0.347. The Balaban J connectivity index is 1.83. The summed E-state index contributed by atoms with van der Waals surface area (Å²) in [6.07, 6.45) is 0.691. The molecule has 6 heteroatoms. The molecular formula is C10H21N3O2S. The molecule has 0 aromatic carbocycles. The molecule has 0 bridgehead atoms. The van der Waals surface area contributed by atoms with Crippen molar-refractivity contribution >= 4 is 10.0 Å². The van der Waals surface area contributed by atoms with Gasteiger partial charge in [-0.2, -0.15) is 0 Å². The highest BCUT2D eigenvalue weighted by Crippen LogP contribution is 2.23. The fourth-order valence-corrected chi connectivity index (χ4v) is 3.33. The molecule has 0 aromatic heterocycles. The molecule has 2 heterocycles. The second-order valence-electron chi connectivity index (χ2n) is 5.20. The van der Waals surface area contributed by atoms with Gasteiger partial charge in [0.1, 0.15) is 0 Å². The fraction of sp³-hybridized carbons (Fsp3) is 1.00. The van der Waals surface area contributed by atoms with Crippen LogP contribution < -0.4 is 5.14 Å². The van der Waals surface area contributed by atoms with Gasteiger partial charge in [-0.1, -0.05) is 0 Å². The third kappa shape index (κ3) is 2.40. The Morgan fingerprint density at radius 3 is 2.31 bits per heavy atom. The quantitative estimate of drug-likeness (QED) is 0.726. The maximum absolute atomic E-state index is 11.2. The topological polar surface area (TPSA) is 66.6 Å². The molecule has 2 fully saturated rings. The molecule has 2 saturated heterocycles. The standard InChI is InChI=1S/C10H21N3O2S/c1-8(2)13-5-9(6-13)12-4-3-10(7-12)16(11,14)15/h8-10H,3-7H2,1-2H3,(H2,11,14,15). The van der Waals surface area contributed by atoms with Crippen molar-refractivity contribution in [3.63, 3.8) is 0 Å². The van der Waals surface area contributed by atoms with Crippen LogP contribution in [0.4, 0.5) is 0 Å². The van der Waals surface area contributed by atoms with Crippen molar-refractivity contribution in [1.82, 2.24) is 9.80 Å². The third-order valence-electron chi connectivity index (χ3n) is 3.78. The van der Waals surface area contributed by atoms with E-state index in [9.17, 15) is 8.42 Å². The van der Waals surface area contributed by atoms with E-state index in [1.807, 2.05) is 0 Å². The van der Waals surface area contributed by atoms with Gasteiger partial charge in [0.15, 0.2) is 0 Å². The van der Waals surface area contributed by atoms with E-state index in [4.69, 9.17) is 5.14 Å². The van der Waals surface area contributed by atoms with Crippen LogP contribution in [-0.4, -0.2) is 61.7 Å². The van der Waals surface area contributed by atoms with Gasteiger partial charge in [-0.15, -0.1) is 0 Å². The van der Waals surface area contributed by atoms with Crippen molar-refractivity contribution in [3.05, 3.63) is 0 Å². The molecule has 2 aliphatic rings. The Hall–Kier alpha value is -0.170. The zero-order valence-electron chi connectivity index (χ0n) is 9.96. The van der Waals surface area contributed by atoms with Gasteiger partial charge in [0.2, 0.25) is 10.0 Å². The first-order chi connectivity index (χ1) is 7.38. The van der Waals surface area contributed by atoms with Crippen LogP contribution in [0.1, 0.15) is 20.3 Å². The van der Waals surface area contributed by atoms with Crippen LogP contribution in [0.25, 0.3) is 0 Å². The lowest BCUT2D eigenvalue weighted by Crippen LogP contribution is -2.60. The second-order valence-corrected chi connectivity index (χ2v) is 7.04. The Bertz CT molecular complexity index is 349. The predicted molar refractivity (Wildman–Crippen MR) is 63.6 cm³/mol. The van der Waals surface area contributed by atoms with Gasteiger partial charge in [-0.3, -0.25) is 9.80 Å². The highest BCUT2D eigenvalue weighted by Gasteiger charge is 2.39. The lowest BCUT2D eigenvalue weighted by atomic mass is 10.1. The Morgan fingerprint density at radius 1 is 1.25 bits per heavy atom. The number of likely N-dealkylation sites (tertiary alicyclic amines) is 2. The minimum Gasteiger partial charge on any atom is -0.298 e. The molecule has 0 saturated carbocycles. The minimum atomic E-state index is -3.34. The number of sulfonamides is 1. The van der Waals surface area contributed by atoms with Gasteiger partial charge in [0.05, 0.1) is 5.25 Å². The zero-order chi connectivity index (χ0) is 11.9. The number of hydrogen-bond acceptors (Lipinski definition) is 4. The van der Waals surface area contributed by atoms with Gasteiger partial charge in [-0.05, 0) is 26.8 Å². The van der Waals surface area contributed by atoms with E-state index < -0.39 is 10.0 Å². The van der Waals surface area contributed by atoms with Crippen molar-refractivity contribution < 1.29 is 8.42 Å². The largest absolute Gasteiger partial charge is 0.298 e. The Morgan fingerprint density at radius 2 is 1.88 bits per heavy atom. The summed E-state index contributed by atoms with van der Waals surface area (Å²) in [5.41, 5.74) is 0. The van der Waals surface area contributed by atoms with Crippen molar-refractivity contribution in [1.29, 1.82) is 0 Å². The molecule has 0 aromatic rings. The monoisotopic (exact) mass is 247 g/mol. The second kappa shape index (κ2) is 4.25. The summed E-state index contributed by atoms with van der Waals surface area (Å²) >= 11 is 0. The molecule has 0 spiro atoms. The van der Waals surface area contributed by atoms with E-state index in [0.717, 1.165) is 19.6 Å². The van der Waals surface area contributed by atoms with Gasteiger partial charge in [0.25, 0.3) is 0 Å². The molecule has 1 atom stereocenters. The lowest BCUT2D eigenvalue weighted by Gasteiger charge is -2.46. The zero-order valence-corrected chi connectivity index (χ0v) is 10.8. The van der Waals surface area contributed by atoms with Crippen LogP contribution in [0.2, 0.25) is 0 Å². The summed E-state index contributed by atoms with van der Waals surface area (Å²) in [7, 11) is -3.34. The molecule has 94 valence electrons. The van der Waals surface area contributed by atoms with Crippen LogP contribution >= 0.6 is 0 Å². The van der Waals surface area contributed by atoms with Crippen LogP contribution in [0.15, 0.2) is 0 Å². The summed E-state index contributed by atoms with van der Waals surface area (Å²) in [6, 6.07) is 1.13. The average molecular weight is 247 g/mol. The average Bonchev–Trinajstić information content (AvgIpc) is 2.47. The molecule has 2 N–H and O–H groups in total. The lowest BCUT2D eigenvalue weighted by molar-refractivity contribution is 0.0260. The molecule has 0 amide bonds. The number of hydrogen-bond donors (Lipinski definition) is 1. The molecule has 0 radical (unpaired) electrons. The highest BCUT2D eigenvalue weighted by atomic mass is 32.2. The van der Waals surface area contributed by atoms with Gasteiger partial charge >= 0.3 is 0 Å². The number of primary sulfonamides is 1.